The number of nitrogens with zero attached hydrogens (tertiary/aromatic N) is 2. The van der Waals surface area contributed by atoms with Gasteiger partial charge < -0.3 is 9.47 Å². The summed E-state index contributed by atoms with van der Waals surface area (Å²) >= 11 is 0. The van der Waals surface area contributed by atoms with Gasteiger partial charge in [-0.05, 0) is 116 Å². The van der Waals surface area contributed by atoms with Crippen molar-refractivity contribution >= 4 is 49.6 Å². The van der Waals surface area contributed by atoms with Gasteiger partial charge >= 0.3 is 0 Å². The van der Waals surface area contributed by atoms with Crippen molar-refractivity contribution in [3.63, 3.8) is 0 Å². The second-order valence-corrected chi connectivity index (χ2v) is 17.7. The first-order valence-corrected chi connectivity index (χ1v) is 23.5. The number of benzene rings is 10. The fourth-order valence-corrected chi connectivity index (χ4v) is 10.8. The summed E-state index contributed by atoms with van der Waals surface area (Å²) < 4.78 is 2.50. The maximum atomic E-state index is 4.87. The molecule has 2 heteroatoms. The molecule has 0 N–H and O–H groups in total. The molecule has 10 aromatic carbocycles. The normalized spacial score (nSPS) is 14.2. The van der Waals surface area contributed by atoms with Gasteiger partial charge in [0.15, 0.2) is 0 Å². The average molecular weight is 869 g/mol. The molecule has 0 unspecified atom stereocenters. The minimum Gasteiger partial charge on any atom is -0.310 e. The molecule has 0 spiro atoms. The molecule has 1 heterocycles. The first-order chi connectivity index (χ1) is 33.7. The van der Waals surface area contributed by atoms with Crippen LogP contribution in [-0.4, -0.2) is 4.57 Å². The summed E-state index contributed by atoms with van der Waals surface area (Å²) in [4.78, 5) is 2.35. The van der Waals surface area contributed by atoms with Gasteiger partial charge in [-0.2, -0.15) is 0 Å². The van der Waals surface area contributed by atoms with E-state index in [0.717, 1.165) is 57.0 Å². The Morgan fingerprint density at radius 2 is 1.06 bits per heavy atom. The summed E-state index contributed by atoms with van der Waals surface area (Å²) in [5, 5.41) is 4.96. The Morgan fingerprint density at radius 3 is 1.76 bits per heavy atom. The Bertz CT molecular complexity index is 3610. The van der Waals surface area contributed by atoms with Crippen LogP contribution in [0.15, 0.2) is 279 Å². The van der Waals surface area contributed by atoms with Crippen molar-refractivity contribution in [2.75, 3.05) is 4.90 Å². The summed E-state index contributed by atoms with van der Waals surface area (Å²) in [5.74, 6) is 0. The molecule has 322 valence electrons. The molecular formula is C66H48N2. The standard InChI is InChI=1S/C66H48N2/c1-47-21-7-2-8-23-51-39-42-57(46-61(51)66(47,53-24-9-3-10-25-53)54-26-11-4-12-27-54)68-63-44-41-49-22-17-18-33-59(49)65(63)60-43-40-52(45-64(60)68)48-35-37-50(38-36-48)58-32-19-20-34-62(58)67(55-28-13-5-14-29-55)56-30-15-6-16-31-56/h2-22,24-46H,1,23H2/b8-2-,21-7-. The zero-order valence-electron chi connectivity index (χ0n) is 37.7. The Hall–Kier alpha value is -8.72. The third kappa shape index (κ3) is 6.89. The topological polar surface area (TPSA) is 8.17 Å². The van der Waals surface area contributed by atoms with Gasteiger partial charge in [0.1, 0.15) is 0 Å². The Morgan fingerprint density at radius 1 is 0.456 bits per heavy atom. The fourth-order valence-electron chi connectivity index (χ4n) is 10.8. The van der Waals surface area contributed by atoms with E-state index in [0.29, 0.717) is 0 Å². The molecule has 0 aliphatic heterocycles. The van der Waals surface area contributed by atoms with Crippen LogP contribution in [0.4, 0.5) is 17.1 Å². The number of anilines is 3. The molecule has 1 aliphatic carbocycles. The highest BCUT2D eigenvalue weighted by molar-refractivity contribution is 6.21. The van der Waals surface area contributed by atoms with Gasteiger partial charge in [0.25, 0.3) is 0 Å². The van der Waals surface area contributed by atoms with Crippen LogP contribution in [0.3, 0.4) is 0 Å². The van der Waals surface area contributed by atoms with Crippen molar-refractivity contribution in [1.82, 2.24) is 4.57 Å². The van der Waals surface area contributed by atoms with E-state index in [1.54, 1.807) is 0 Å². The van der Waals surface area contributed by atoms with Gasteiger partial charge in [-0.1, -0.05) is 219 Å². The lowest BCUT2D eigenvalue weighted by Gasteiger charge is -2.38. The van der Waals surface area contributed by atoms with Gasteiger partial charge in [-0.3, -0.25) is 0 Å². The van der Waals surface area contributed by atoms with Crippen molar-refractivity contribution in [3.05, 3.63) is 301 Å². The summed E-state index contributed by atoms with van der Waals surface area (Å²) in [6.07, 6.45) is 9.56. The average Bonchev–Trinajstić information content (AvgIpc) is 3.77. The van der Waals surface area contributed by atoms with Crippen molar-refractivity contribution in [2.45, 2.75) is 11.8 Å². The minimum absolute atomic E-state index is 0.646. The first-order valence-electron chi connectivity index (χ1n) is 23.5. The molecule has 11 aromatic rings. The molecule has 1 aliphatic rings. The number of aromatic nitrogens is 1. The van der Waals surface area contributed by atoms with E-state index in [1.807, 2.05) is 0 Å². The van der Waals surface area contributed by atoms with E-state index >= 15 is 0 Å². The zero-order valence-corrected chi connectivity index (χ0v) is 37.7. The number of allylic oxidation sites excluding steroid dienone is 5. The van der Waals surface area contributed by atoms with Crippen molar-refractivity contribution in [1.29, 1.82) is 0 Å². The van der Waals surface area contributed by atoms with Crippen molar-refractivity contribution in [2.24, 2.45) is 0 Å². The number of rotatable bonds is 8. The van der Waals surface area contributed by atoms with E-state index in [1.165, 1.54) is 54.9 Å². The van der Waals surface area contributed by atoms with Gasteiger partial charge in [-0.25, -0.2) is 0 Å². The summed E-state index contributed by atoms with van der Waals surface area (Å²) in [6.45, 7) is 4.87. The van der Waals surface area contributed by atoms with Crippen LogP contribution in [-0.2, 0) is 11.8 Å². The molecule has 68 heavy (non-hydrogen) atoms. The second kappa shape index (κ2) is 17.3. The predicted octanol–water partition coefficient (Wildman–Crippen LogP) is 17.3. The van der Waals surface area contributed by atoms with Gasteiger partial charge in [0.05, 0.1) is 22.1 Å². The molecule has 0 bridgehead atoms. The van der Waals surface area contributed by atoms with E-state index in [9.17, 15) is 0 Å². The fraction of sp³-hybridized carbons (Fsp3) is 0.0303. The zero-order chi connectivity index (χ0) is 45.4. The van der Waals surface area contributed by atoms with E-state index in [-0.39, 0.29) is 0 Å². The summed E-state index contributed by atoms with van der Waals surface area (Å²) in [6, 6.07) is 88.5. The lowest BCUT2D eigenvalue weighted by atomic mass is 9.63. The first kappa shape index (κ1) is 40.8. The predicted molar refractivity (Wildman–Crippen MR) is 288 cm³/mol. The molecular weight excluding hydrogens is 821 g/mol. The summed E-state index contributed by atoms with van der Waals surface area (Å²) in [5.41, 5.74) is 16.7. The van der Waals surface area contributed by atoms with Crippen LogP contribution in [0.2, 0.25) is 0 Å². The third-order valence-electron chi connectivity index (χ3n) is 13.9. The van der Waals surface area contributed by atoms with E-state index in [4.69, 9.17) is 6.58 Å². The van der Waals surface area contributed by atoms with Gasteiger partial charge in [0, 0.05) is 33.4 Å². The van der Waals surface area contributed by atoms with E-state index in [2.05, 4.69) is 276 Å². The molecule has 0 atom stereocenters. The number of para-hydroxylation sites is 3. The van der Waals surface area contributed by atoms with Crippen LogP contribution >= 0.6 is 0 Å². The second-order valence-electron chi connectivity index (χ2n) is 17.7. The molecule has 0 saturated heterocycles. The van der Waals surface area contributed by atoms with Crippen LogP contribution < -0.4 is 4.90 Å². The molecule has 0 radical (unpaired) electrons. The highest BCUT2D eigenvalue weighted by atomic mass is 15.1. The lowest BCUT2D eigenvalue weighted by molar-refractivity contribution is 0.736. The molecule has 0 fully saturated rings. The maximum absolute atomic E-state index is 4.87. The largest absolute Gasteiger partial charge is 0.310 e. The molecule has 0 saturated carbocycles. The third-order valence-corrected chi connectivity index (χ3v) is 13.9. The van der Waals surface area contributed by atoms with Crippen LogP contribution in [0, 0.1) is 0 Å². The maximum Gasteiger partial charge on any atom is 0.0699 e. The number of hydrogen-bond donors (Lipinski definition) is 0. The quantitative estimate of drug-likeness (QED) is 0.148. The summed E-state index contributed by atoms with van der Waals surface area (Å²) in [7, 11) is 0. The van der Waals surface area contributed by atoms with Crippen molar-refractivity contribution in [3.8, 4) is 27.9 Å². The monoisotopic (exact) mass is 868 g/mol. The van der Waals surface area contributed by atoms with E-state index < -0.39 is 5.41 Å². The van der Waals surface area contributed by atoms with Crippen LogP contribution in [0.1, 0.15) is 22.3 Å². The molecule has 1 aromatic heterocycles. The van der Waals surface area contributed by atoms with Crippen LogP contribution in [0.25, 0.3) is 60.5 Å². The smallest absolute Gasteiger partial charge is 0.0699 e. The number of fused-ring (bicyclic) bond motifs is 6. The Kier molecular flexibility index (Phi) is 10.3. The van der Waals surface area contributed by atoms with Gasteiger partial charge in [-0.15, -0.1) is 0 Å². The van der Waals surface area contributed by atoms with Crippen molar-refractivity contribution < 1.29 is 0 Å². The lowest BCUT2D eigenvalue weighted by Crippen LogP contribution is -2.32. The Labute approximate surface area is 398 Å². The number of hydrogen-bond acceptors (Lipinski definition) is 1. The molecule has 2 nitrogen and oxygen atoms in total. The molecule has 0 amide bonds. The van der Waals surface area contributed by atoms with Crippen LogP contribution in [0.5, 0.6) is 0 Å². The highest BCUT2D eigenvalue weighted by Crippen LogP contribution is 2.49. The SMILES string of the molecule is C=C1/C=C\C=C/Cc2ccc(-n3c4cc(-c5ccc(-c6ccccc6N(c6ccccc6)c6ccccc6)cc5)ccc4c4c5ccccc5ccc43)cc2C1(c1ccccc1)c1ccccc1. The highest BCUT2D eigenvalue weighted by Gasteiger charge is 2.40. The Balaban J connectivity index is 1.04. The van der Waals surface area contributed by atoms with Gasteiger partial charge in [0.2, 0.25) is 0 Å². The minimum atomic E-state index is -0.646. The molecule has 12 rings (SSSR count).